The Bertz CT molecular complexity index is 512. The van der Waals surface area contributed by atoms with Gasteiger partial charge in [0.15, 0.2) is 0 Å². The van der Waals surface area contributed by atoms with E-state index in [0.717, 1.165) is 13.1 Å². The summed E-state index contributed by atoms with van der Waals surface area (Å²) in [5.74, 6) is -0.422. The zero-order valence-corrected chi connectivity index (χ0v) is 16.0. The average Bonchev–Trinajstić information content (AvgIpc) is 2.49. The van der Waals surface area contributed by atoms with Crippen LogP contribution in [0.5, 0.6) is 0 Å². The van der Waals surface area contributed by atoms with Crippen molar-refractivity contribution in [1.82, 2.24) is 9.80 Å². The minimum Gasteiger partial charge on any atom is -0.399 e. The van der Waals surface area contributed by atoms with Crippen LogP contribution in [0.2, 0.25) is 0 Å². The van der Waals surface area contributed by atoms with Crippen molar-refractivity contribution in [2.75, 3.05) is 38.5 Å². The molecule has 0 bridgehead atoms. The number of rotatable bonds is 8. The second-order valence-electron chi connectivity index (χ2n) is 5.31. The first-order valence-corrected chi connectivity index (χ1v) is 7.70. The highest BCUT2D eigenvalue weighted by Gasteiger charge is 2.29. The van der Waals surface area contributed by atoms with Gasteiger partial charge in [-0.3, -0.25) is 4.79 Å². The predicted molar refractivity (Wildman–Crippen MR) is 99.7 cm³/mol. The van der Waals surface area contributed by atoms with Crippen molar-refractivity contribution in [3.05, 3.63) is 29.8 Å². The molecule has 146 valence electrons. The number of nitrogen functional groups attached to an aromatic ring is 1. The van der Waals surface area contributed by atoms with Crippen molar-refractivity contribution < 1.29 is 18.0 Å². The molecule has 0 radical (unpaired) electrons. The van der Waals surface area contributed by atoms with E-state index in [2.05, 4.69) is 4.90 Å². The van der Waals surface area contributed by atoms with Gasteiger partial charge in [0, 0.05) is 30.9 Å². The number of carbonyl (C=O) groups excluding carboxylic acids is 1. The van der Waals surface area contributed by atoms with Crippen molar-refractivity contribution in [2.24, 2.45) is 0 Å². The van der Waals surface area contributed by atoms with E-state index in [1.54, 1.807) is 18.2 Å². The van der Waals surface area contributed by atoms with Crippen LogP contribution in [0, 0.1) is 0 Å². The zero-order chi connectivity index (χ0) is 17.5. The Morgan fingerprint density at radius 3 is 2.16 bits per heavy atom. The first kappa shape index (κ1) is 26.1. The van der Waals surface area contributed by atoms with E-state index >= 15 is 0 Å². The third-order valence-corrected chi connectivity index (χ3v) is 3.67. The summed E-state index contributed by atoms with van der Waals surface area (Å²) in [4.78, 5) is 15.8. The van der Waals surface area contributed by atoms with Gasteiger partial charge in [-0.25, -0.2) is 0 Å². The summed E-state index contributed by atoms with van der Waals surface area (Å²) in [6.45, 7) is 5.97. The SMILES string of the molecule is CCN(CC)CCN(CCC(F)(F)F)C(=O)c1cccc(N)c1.Cl.Cl. The van der Waals surface area contributed by atoms with E-state index in [0.29, 0.717) is 17.8 Å². The smallest absolute Gasteiger partial charge is 0.390 e. The monoisotopic (exact) mass is 403 g/mol. The Kier molecular flexibility index (Phi) is 12.7. The largest absolute Gasteiger partial charge is 0.399 e. The number of hydrogen-bond donors (Lipinski definition) is 1. The standard InChI is InChI=1S/C16H24F3N3O.2ClH/c1-3-21(4-2)10-11-22(9-8-16(17,18)19)15(23)13-6-5-7-14(20)12-13;;/h5-7,12H,3-4,8-11,20H2,1-2H3;2*1H. The number of carbonyl (C=O) groups is 1. The molecule has 0 aliphatic heterocycles. The van der Waals surface area contributed by atoms with E-state index in [1.165, 1.54) is 11.0 Å². The average molecular weight is 404 g/mol. The molecule has 0 saturated carbocycles. The summed E-state index contributed by atoms with van der Waals surface area (Å²) in [6.07, 6.45) is -5.30. The highest BCUT2D eigenvalue weighted by Crippen LogP contribution is 2.20. The van der Waals surface area contributed by atoms with Crippen LogP contribution in [-0.4, -0.2) is 54.6 Å². The fourth-order valence-corrected chi connectivity index (χ4v) is 2.23. The van der Waals surface area contributed by atoms with E-state index in [-0.39, 0.29) is 37.9 Å². The molecule has 0 aliphatic carbocycles. The van der Waals surface area contributed by atoms with Crippen LogP contribution < -0.4 is 5.73 Å². The van der Waals surface area contributed by atoms with Crippen molar-refractivity contribution in [3.63, 3.8) is 0 Å². The van der Waals surface area contributed by atoms with Crippen LogP contribution in [0.1, 0.15) is 30.6 Å². The van der Waals surface area contributed by atoms with E-state index in [4.69, 9.17) is 5.73 Å². The van der Waals surface area contributed by atoms with Gasteiger partial charge in [-0.2, -0.15) is 13.2 Å². The van der Waals surface area contributed by atoms with Gasteiger partial charge in [0.05, 0.1) is 6.42 Å². The topological polar surface area (TPSA) is 49.6 Å². The maximum Gasteiger partial charge on any atom is 0.390 e. The zero-order valence-electron chi connectivity index (χ0n) is 14.4. The number of amides is 1. The maximum absolute atomic E-state index is 12.5. The number of halogens is 5. The van der Waals surface area contributed by atoms with Crippen LogP contribution in [-0.2, 0) is 0 Å². The van der Waals surface area contributed by atoms with Crippen LogP contribution >= 0.6 is 24.8 Å². The summed E-state index contributed by atoms with van der Waals surface area (Å²) in [6, 6.07) is 6.30. The van der Waals surface area contributed by atoms with Gasteiger partial charge in [-0.1, -0.05) is 19.9 Å². The van der Waals surface area contributed by atoms with Crippen LogP contribution in [0.25, 0.3) is 0 Å². The molecule has 2 N–H and O–H groups in total. The number of likely N-dealkylation sites (N-methyl/N-ethyl adjacent to an activating group) is 1. The summed E-state index contributed by atoms with van der Waals surface area (Å²) < 4.78 is 37.5. The Labute approximate surface area is 159 Å². The normalized spacial score (nSPS) is 10.8. The number of anilines is 1. The molecule has 9 heteroatoms. The first-order valence-electron chi connectivity index (χ1n) is 7.70. The Morgan fingerprint density at radius 2 is 1.68 bits per heavy atom. The summed E-state index contributed by atoms with van der Waals surface area (Å²) in [7, 11) is 0. The molecule has 4 nitrogen and oxygen atoms in total. The molecule has 25 heavy (non-hydrogen) atoms. The van der Waals surface area contributed by atoms with E-state index in [1.807, 2.05) is 13.8 Å². The van der Waals surface area contributed by atoms with Crippen LogP contribution in [0.4, 0.5) is 18.9 Å². The summed E-state index contributed by atoms with van der Waals surface area (Å²) in [5, 5.41) is 0. The predicted octanol–water partition coefficient (Wildman–Crippen LogP) is 3.85. The second kappa shape index (κ2) is 12.2. The maximum atomic E-state index is 12.5. The lowest BCUT2D eigenvalue weighted by Crippen LogP contribution is -2.40. The van der Waals surface area contributed by atoms with Gasteiger partial charge in [0.25, 0.3) is 5.91 Å². The molecule has 1 aromatic rings. The molecule has 0 unspecified atom stereocenters. The van der Waals surface area contributed by atoms with Gasteiger partial charge in [0.1, 0.15) is 0 Å². The summed E-state index contributed by atoms with van der Waals surface area (Å²) >= 11 is 0. The van der Waals surface area contributed by atoms with Crippen molar-refractivity contribution in [1.29, 1.82) is 0 Å². The molecule has 0 fully saturated rings. The fraction of sp³-hybridized carbons (Fsp3) is 0.562. The highest BCUT2D eigenvalue weighted by molar-refractivity contribution is 5.95. The van der Waals surface area contributed by atoms with Gasteiger partial charge >= 0.3 is 6.18 Å². The van der Waals surface area contributed by atoms with Gasteiger partial charge in [-0.05, 0) is 31.3 Å². The quantitative estimate of drug-likeness (QED) is 0.670. The Balaban J connectivity index is 0. The third-order valence-electron chi connectivity index (χ3n) is 3.67. The van der Waals surface area contributed by atoms with E-state index in [9.17, 15) is 18.0 Å². The molecule has 0 saturated heterocycles. The van der Waals surface area contributed by atoms with Crippen molar-refractivity contribution in [2.45, 2.75) is 26.4 Å². The Hall–Kier alpha value is -1.18. The molecule has 0 atom stereocenters. The molecule has 1 rings (SSSR count). The Morgan fingerprint density at radius 1 is 1.08 bits per heavy atom. The molecule has 0 aromatic heterocycles. The number of nitrogens with two attached hydrogens (primary N) is 1. The molecule has 0 aliphatic rings. The molecule has 1 amide bonds. The van der Waals surface area contributed by atoms with E-state index < -0.39 is 18.5 Å². The van der Waals surface area contributed by atoms with Gasteiger partial charge < -0.3 is 15.5 Å². The highest BCUT2D eigenvalue weighted by atomic mass is 35.5. The molecular weight excluding hydrogens is 378 g/mol. The lowest BCUT2D eigenvalue weighted by Gasteiger charge is -2.27. The van der Waals surface area contributed by atoms with Crippen LogP contribution in [0.3, 0.4) is 0 Å². The van der Waals surface area contributed by atoms with Gasteiger partial charge in [-0.15, -0.1) is 24.8 Å². The number of hydrogen-bond acceptors (Lipinski definition) is 3. The van der Waals surface area contributed by atoms with Crippen LogP contribution in [0.15, 0.2) is 24.3 Å². The molecular formula is C16H26Cl2F3N3O. The van der Waals surface area contributed by atoms with Crippen molar-refractivity contribution >= 4 is 36.4 Å². The lowest BCUT2D eigenvalue weighted by molar-refractivity contribution is -0.136. The molecule has 0 heterocycles. The number of alkyl halides is 3. The van der Waals surface area contributed by atoms with Gasteiger partial charge in [0.2, 0.25) is 0 Å². The number of benzene rings is 1. The minimum atomic E-state index is -4.29. The fourth-order valence-electron chi connectivity index (χ4n) is 2.23. The summed E-state index contributed by atoms with van der Waals surface area (Å²) in [5.41, 5.74) is 6.37. The molecule has 0 spiro atoms. The number of nitrogens with zero attached hydrogens (tertiary/aromatic N) is 2. The minimum absolute atomic E-state index is 0. The second-order valence-corrected chi connectivity index (χ2v) is 5.31. The molecule has 1 aromatic carbocycles. The lowest BCUT2D eigenvalue weighted by atomic mass is 10.1. The third kappa shape index (κ3) is 9.77. The first-order chi connectivity index (χ1) is 10.8. The van der Waals surface area contributed by atoms with Crippen molar-refractivity contribution in [3.8, 4) is 0 Å².